The Balaban J connectivity index is 2.92. The largest absolute Gasteiger partial charge is 0.506 e. The molecule has 0 radical (unpaired) electrons. The van der Waals surface area contributed by atoms with Crippen LogP contribution in [0.5, 0.6) is 5.75 Å². The Kier molecular flexibility index (Phi) is 2.54. The zero-order valence-electron chi connectivity index (χ0n) is 6.77. The Hall–Kier alpha value is -1.97. The highest BCUT2D eigenvalue weighted by Gasteiger charge is 1.96. The van der Waals surface area contributed by atoms with Crippen molar-refractivity contribution in [3.8, 4) is 5.75 Å². The third-order valence-corrected chi connectivity index (χ3v) is 1.47. The molecule has 0 aliphatic rings. The maximum atomic E-state index is 10.2. The Morgan fingerprint density at radius 3 is 2.69 bits per heavy atom. The minimum Gasteiger partial charge on any atom is -0.506 e. The predicted molar refractivity (Wildman–Crippen MR) is 49.2 cm³/mol. The molecule has 0 aliphatic heterocycles. The summed E-state index contributed by atoms with van der Waals surface area (Å²) >= 11 is 0. The van der Waals surface area contributed by atoms with Gasteiger partial charge in [0.2, 0.25) is 0 Å². The average Bonchev–Trinajstić information content (AvgIpc) is 2.07. The summed E-state index contributed by atoms with van der Waals surface area (Å²) in [5.74, 6) is -1.08. The van der Waals surface area contributed by atoms with E-state index in [0.29, 0.717) is 5.56 Å². The lowest BCUT2D eigenvalue weighted by Gasteiger charge is -1.98. The monoisotopic (exact) mass is 179 g/mol. The van der Waals surface area contributed by atoms with Crippen molar-refractivity contribution >= 4 is 17.7 Å². The van der Waals surface area contributed by atoms with E-state index < -0.39 is 5.97 Å². The summed E-state index contributed by atoms with van der Waals surface area (Å²) in [6.07, 6.45) is 2.37. The fourth-order valence-electron chi connectivity index (χ4n) is 0.832. The van der Waals surface area contributed by atoms with Crippen molar-refractivity contribution in [2.24, 2.45) is 0 Å². The van der Waals surface area contributed by atoms with E-state index in [9.17, 15) is 4.79 Å². The van der Waals surface area contributed by atoms with Crippen LogP contribution in [0.15, 0.2) is 24.3 Å². The zero-order chi connectivity index (χ0) is 9.84. The minimum atomic E-state index is -1.03. The van der Waals surface area contributed by atoms with Gasteiger partial charge in [-0.15, -0.1) is 0 Å². The van der Waals surface area contributed by atoms with Crippen molar-refractivity contribution in [3.05, 3.63) is 29.8 Å². The zero-order valence-corrected chi connectivity index (χ0v) is 6.77. The highest BCUT2D eigenvalue weighted by molar-refractivity contribution is 5.85. The second kappa shape index (κ2) is 3.62. The number of benzene rings is 1. The topological polar surface area (TPSA) is 83.6 Å². The van der Waals surface area contributed by atoms with E-state index >= 15 is 0 Å². The smallest absolute Gasteiger partial charge is 0.328 e. The summed E-state index contributed by atoms with van der Waals surface area (Å²) in [5, 5.41) is 17.5. The molecule has 0 heterocycles. The molecule has 0 fully saturated rings. The molecular formula is C9H9NO3. The minimum absolute atomic E-state index is 0.0486. The summed E-state index contributed by atoms with van der Waals surface area (Å²) in [4.78, 5) is 10.2. The molecule has 4 heteroatoms. The van der Waals surface area contributed by atoms with Gasteiger partial charge in [0.25, 0.3) is 0 Å². The Bertz CT molecular complexity index is 358. The first-order valence-electron chi connectivity index (χ1n) is 3.59. The van der Waals surface area contributed by atoms with Gasteiger partial charge in [-0.2, -0.15) is 0 Å². The molecule has 0 amide bonds. The SMILES string of the molecule is Nc1ccc(/C=C/C(=O)O)cc1O. The molecule has 1 aromatic carbocycles. The number of aromatic hydroxyl groups is 1. The second-order valence-corrected chi connectivity index (χ2v) is 2.49. The number of rotatable bonds is 2. The number of carboxylic acid groups (broad SMARTS) is 1. The summed E-state index contributed by atoms with van der Waals surface area (Å²) in [6.45, 7) is 0. The Morgan fingerprint density at radius 1 is 1.46 bits per heavy atom. The van der Waals surface area contributed by atoms with E-state index in [0.717, 1.165) is 6.08 Å². The molecule has 0 bridgehead atoms. The lowest BCUT2D eigenvalue weighted by atomic mass is 10.2. The van der Waals surface area contributed by atoms with Gasteiger partial charge in [0.05, 0.1) is 5.69 Å². The fourth-order valence-corrected chi connectivity index (χ4v) is 0.832. The molecule has 1 aromatic rings. The Morgan fingerprint density at radius 2 is 2.15 bits per heavy atom. The van der Waals surface area contributed by atoms with Gasteiger partial charge in [0.15, 0.2) is 0 Å². The first-order valence-corrected chi connectivity index (χ1v) is 3.59. The number of aliphatic carboxylic acids is 1. The number of nitrogens with two attached hydrogens (primary N) is 1. The van der Waals surface area contributed by atoms with Gasteiger partial charge in [0, 0.05) is 6.08 Å². The maximum Gasteiger partial charge on any atom is 0.328 e. The third-order valence-electron chi connectivity index (χ3n) is 1.47. The van der Waals surface area contributed by atoms with Crippen LogP contribution >= 0.6 is 0 Å². The lowest BCUT2D eigenvalue weighted by molar-refractivity contribution is -0.131. The van der Waals surface area contributed by atoms with Crippen molar-refractivity contribution in [2.45, 2.75) is 0 Å². The number of anilines is 1. The molecule has 0 aliphatic carbocycles. The molecule has 4 nitrogen and oxygen atoms in total. The van der Waals surface area contributed by atoms with Crippen molar-refractivity contribution in [1.82, 2.24) is 0 Å². The first-order chi connectivity index (χ1) is 6.09. The molecular weight excluding hydrogens is 170 g/mol. The van der Waals surface area contributed by atoms with Crippen LogP contribution in [0.25, 0.3) is 6.08 Å². The van der Waals surface area contributed by atoms with E-state index in [1.807, 2.05) is 0 Å². The summed E-state index contributed by atoms with van der Waals surface area (Å²) in [6, 6.07) is 4.53. The van der Waals surface area contributed by atoms with Crippen LogP contribution in [0.4, 0.5) is 5.69 Å². The molecule has 13 heavy (non-hydrogen) atoms. The van der Waals surface area contributed by atoms with Crippen LogP contribution in [0.3, 0.4) is 0 Å². The molecule has 1 rings (SSSR count). The van der Waals surface area contributed by atoms with Gasteiger partial charge >= 0.3 is 5.97 Å². The van der Waals surface area contributed by atoms with Crippen LogP contribution in [-0.4, -0.2) is 16.2 Å². The quantitative estimate of drug-likeness (QED) is 0.360. The van der Waals surface area contributed by atoms with Crippen LogP contribution in [0, 0.1) is 0 Å². The number of phenolic OH excluding ortho intramolecular Hbond substituents is 1. The van der Waals surface area contributed by atoms with Crippen molar-refractivity contribution in [1.29, 1.82) is 0 Å². The van der Waals surface area contributed by atoms with E-state index in [1.165, 1.54) is 18.2 Å². The third kappa shape index (κ3) is 2.52. The molecule has 68 valence electrons. The van der Waals surface area contributed by atoms with E-state index in [1.54, 1.807) is 6.07 Å². The number of carboxylic acids is 1. The molecule has 0 unspecified atom stereocenters. The van der Waals surface area contributed by atoms with Crippen LogP contribution in [0.2, 0.25) is 0 Å². The van der Waals surface area contributed by atoms with Crippen LogP contribution < -0.4 is 5.73 Å². The van der Waals surface area contributed by atoms with E-state index in [-0.39, 0.29) is 11.4 Å². The normalized spacial score (nSPS) is 10.5. The summed E-state index contributed by atoms with van der Waals surface area (Å²) in [7, 11) is 0. The number of hydrogen-bond acceptors (Lipinski definition) is 3. The van der Waals surface area contributed by atoms with Crippen molar-refractivity contribution in [3.63, 3.8) is 0 Å². The van der Waals surface area contributed by atoms with Crippen molar-refractivity contribution in [2.75, 3.05) is 5.73 Å². The summed E-state index contributed by atoms with van der Waals surface area (Å²) < 4.78 is 0. The van der Waals surface area contributed by atoms with Gasteiger partial charge in [-0.3, -0.25) is 0 Å². The lowest BCUT2D eigenvalue weighted by Crippen LogP contribution is -1.87. The molecule has 4 N–H and O–H groups in total. The highest BCUT2D eigenvalue weighted by atomic mass is 16.4. The second-order valence-electron chi connectivity index (χ2n) is 2.49. The molecule has 0 spiro atoms. The fraction of sp³-hybridized carbons (Fsp3) is 0. The molecule has 0 aromatic heterocycles. The van der Waals surface area contributed by atoms with E-state index in [2.05, 4.69) is 0 Å². The average molecular weight is 179 g/mol. The van der Waals surface area contributed by atoms with Gasteiger partial charge in [-0.25, -0.2) is 4.79 Å². The van der Waals surface area contributed by atoms with E-state index in [4.69, 9.17) is 15.9 Å². The highest BCUT2D eigenvalue weighted by Crippen LogP contribution is 2.21. The van der Waals surface area contributed by atoms with Gasteiger partial charge in [0.1, 0.15) is 5.75 Å². The molecule has 0 saturated heterocycles. The Labute approximate surface area is 74.9 Å². The standard InChI is InChI=1S/C9H9NO3/c10-7-3-1-6(5-8(7)11)2-4-9(12)13/h1-5,11H,10H2,(H,12,13)/b4-2+. The molecule has 0 saturated carbocycles. The maximum absolute atomic E-state index is 10.2. The van der Waals surface area contributed by atoms with Gasteiger partial charge in [-0.1, -0.05) is 6.07 Å². The number of carbonyl (C=O) groups is 1. The van der Waals surface area contributed by atoms with Gasteiger partial charge < -0.3 is 15.9 Å². The van der Waals surface area contributed by atoms with Crippen LogP contribution in [-0.2, 0) is 4.79 Å². The first kappa shape index (κ1) is 9.12. The predicted octanol–water partition coefficient (Wildman–Crippen LogP) is 1.07. The van der Waals surface area contributed by atoms with Crippen molar-refractivity contribution < 1.29 is 15.0 Å². The number of phenols is 1. The summed E-state index contributed by atoms with van der Waals surface area (Å²) in [5.41, 5.74) is 6.22. The molecule has 0 atom stereocenters. The number of nitrogen functional groups attached to an aromatic ring is 1. The number of hydrogen-bond donors (Lipinski definition) is 3. The van der Waals surface area contributed by atoms with Gasteiger partial charge in [-0.05, 0) is 23.8 Å². The van der Waals surface area contributed by atoms with Crippen LogP contribution in [0.1, 0.15) is 5.56 Å².